The van der Waals surface area contributed by atoms with E-state index in [2.05, 4.69) is 157 Å². The van der Waals surface area contributed by atoms with Gasteiger partial charge in [-0.15, -0.1) is 0 Å². The van der Waals surface area contributed by atoms with Gasteiger partial charge in [-0.25, -0.2) is 4.99 Å². The number of hydrogen-bond acceptors (Lipinski definition) is 9. The first-order valence-corrected chi connectivity index (χ1v) is 17.9. The quantitative estimate of drug-likeness (QED) is 0.102. The zero-order chi connectivity index (χ0) is 36.6. The van der Waals surface area contributed by atoms with Crippen molar-refractivity contribution in [3.8, 4) is 0 Å². The molecule has 5 N–H and O–H groups in total. The summed E-state index contributed by atoms with van der Waals surface area (Å²) < 4.78 is 0. The van der Waals surface area contributed by atoms with Crippen molar-refractivity contribution < 1.29 is 0 Å². The van der Waals surface area contributed by atoms with E-state index in [9.17, 15) is 0 Å². The van der Waals surface area contributed by atoms with Crippen LogP contribution in [0.3, 0.4) is 0 Å². The number of anilines is 6. The van der Waals surface area contributed by atoms with Gasteiger partial charge >= 0.3 is 0 Å². The number of nitrogens with two attached hydrogens (primary N) is 1. The fraction of sp³-hybridized carbons (Fsp3) is 0.233. The van der Waals surface area contributed by atoms with Gasteiger partial charge in [-0.05, 0) is 121 Å². The molecule has 0 amide bonds. The van der Waals surface area contributed by atoms with E-state index < -0.39 is 0 Å². The second-order valence-corrected chi connectivity index (χ2v) is 13.2. The second kappa shape index (κ2) is 16.3. The molecule has 1 aliphatic rings. The van der Waals surface area contributed by atoms with E-state index in [4.69, 9.17) is 15.7 Å². The molecular weight excluding hydrogens is 643 g/mol. The third kappa shape index (κ3) is 9.37. The normalized spacial score (nSPS) is 14.3. The van der Waals surface area contributed by atoms with Gasteiger partial charge in [0.25, 0.3) is 0 Å². The number of aliphatic imine (C=N–C) groups is 2. The van der Waals surface area contributed by atoms with Crippen molar-refractivity contribution in [1.29, 1.82) is 0 Å². The topological polar surface area (TPSA) is 126 Å². The molecule has 0 radical (unpaired) electrons. The molecule has 5 aromatic rings. The zero-order valence-corrected chi connectivity index (χ0v) is 30.8. The molecule has 1 aliphatic heterocycles. The predicted octanol–water partition coefficient (Wildman–Crippen LogP) is 9.65. The van der Waals surface area contributed by atoms with E-state index in [0.717, 1.165) is 69.4 Å². The van der Waals surface area contributed by atoms with E-state index in [-0.39, 0.29) is 12.0 Å². The number of nitrogens with zero attached hydrogens (tertiary/aromatic N) is 5. The van der Waals surface area contributed by atoms with E-state index in [1.807, 2.05) is 18.2 Å². The fourth-order valence-corrected chi connectivity index (χ4v) is 6.03. The molecule has 52 heavy (non-hydrogen) atoms. The molecule has 0 saturated heterocycles. The minimum absolute atomic E-state index is 0.0580. The van der Waals surface area contributed by atoms with Crippen molar-refractivity contribution in [2.24, 2.45) is 9.98 Å². The summed E-state index contributed by atoms with van der Waals surface area (Å²) in [7, 11) is 0. The number of aryl methyl sites for hydroxylation is 4. The Morgan fingerprint density at radius 3 is 1.69 bits per heavy atom. The third-order valence-electron chi connectivity index (χ3n) is 9.02. The molecule has 0 spiro atoms. The first-order chi connectivity index (χ1) is 25.1. The van der Waals surface area contributed by atoms with Crippen LogP contribution in [0.25, 0.3) is 12.2 Å². The van der Waals surface area contributed by atoms with Crippen LogP contribution in [-0.2, 0) is 19.3 Å². The average molecular weight is 690 g/mol. The van der Waals surface area contributed by atoms with Crippen LogP contribution in [0.4, 0.5) is 34.9 Å². The van der Waals surface area contributed by atoms with E-state index in [1.54, 1.807) is 0 Å². The Balaban J connectivity index is 1.11. The Labute approximate surface area is 307 Å². The van der Waals surface area contributed by atoms with Gasteiger partial charge in [0.15, 0.2) is 0 Å². The monoisotopic (exact) mass is 689 g/mol. The van der Waals surface area contributed by atoms with E-state index in [0.29, 0.717) is 18.3 Å². The number of hydrogen-bond donors (Lipinski definition) is 4. The average Bonchev–Trinajstić information content (AvgIpc) is 3.24. The summed E-state index contributed by atoms with van der Waals surface area (Å²) in [5.74, 6) is 2.53. The van der Waals surface area contributed by atoms with Gasteiger partial charge in [-0.1, -0.05) is 80.6 Å². The Kier molecular flexibility index (Phi) is 11.2. The highest BCUT2D eigenvalue weighted by Crippen LogP contribution is 2.24. The summed E-state index contributed by atoms with van der Waals surface area (Å²) in [6, 6.07) is 29.5. The van der Waals surface area contributed by atoms with Gasteiger partial charge in [-0.2, -0.15) is 15.0 Å². The molecule has 1 unspecified atom stereocenters. The fourth-order valence-electron chi connectivity index (χ4n) is 6.03. The third-order valence-corrected chi connectivity index (χ3v) is 9.02. The van der Waals surface area contributed by atoms with Crippen LogP contribution in [-0.4, -0.2) is 32.7 Å². The number of nitrogen functional groups attached to an aromatic ring is 1. The Morgan fingerprint density at radius 1 is 0.635 bits per heavy atom. The molecule has 4 aromatic carbocycles. The zero-order valence-electron chi connectivity index (χ0n) is 30.8. The predicted molar refractivity (Wildman–Crippen MR) is 219 cm³/mol. The van der Waals surface area contributed by atoms with Gasteiger partial charge in [0.2, 0.25) is 17.8 Å². The van der Waals surface area contributed by atoms with Crippen molar-refractivity contribution in [2.75, 3.05) is 21.7 Å². The highest BCUT2D eigenvalue weighted by atomic mass is 15.2. The lowest BCUT2D eigenvalue weighted by molar-refractivity contribution is 0.915. The van der Waals surface area contributed by atoms with Crippen molar-refractivity contribution in [2.45, 2.75) is 66.8 Å². The standard InChI is InChI=1S/C43H47N9/c1-7-31-9-11-33(12-10-31)26-39-45-30(6)23-29(5)40(49-39)46-37-21-17-34(27(3)24-37)15-16-35-18-22-38(25-28(35)4)48-43-51-41(44)50-42(52-43)47-36-19-13-32(8-2)14-20-36/h9-25,30H,7-8,26H2,1-6H3,(H,45,46,49)(H4,44,47,48,50,51,52). The lowest BCUT2D eigenvalue weighted by Gasteiger charge is -2.12. The molecule has 264 valence electrons. The lowest BCUT2D eigenvalue weighted by Crippen LogP contribution is -2.16. The summed E-state index contributed by atoms with van der Waals surface area (Å²) in [6.07, 6.45) is 9.15. The first-order valence-electron chi connectivity index (χ1n) is 17.9. The lowest BCUT2D eigenvalue weighted by atomic mass is 10.0. The van der Waals surface area contributed by atoms with Gasteiger partial charge in [0, 0.05) is 23.5 Å². The van der Waals surface area contributed by atoms with Gasteiger partial charge in [0.05, 0.1) is 6.04 Å². The molecule has 0 aliphatic carbocycles. The first kappa shape index (κ1) is 35.7. The summed E-state index contributed by atoms with van der Waals surface area (Å²) in [4.78, 5) is 22.9. The highest BCUT2D eigenvalue weighted by Gasteiger charge is 2.14. The molecule has 9 nitrogen and oxygen atoms in total. The van der Waals surface area contributed by atoms with Gasteiger partial charge in [0.1, 0.15) is 11.7 Å². The van der Waals surface area contributed by atoms with Crippen LogP contribution >= 0.6 is 0 Å². The van der Waals surface area contributed by atoms with E-state index >= 15 is 0 Å². The molecule has 2 heterocycles. The smallest absolute Gasteiger partial charge is 0.233 e. The van der Waals surface area contributed by atoms with Crippen molar-refractivity contribution in [3.05, 3.63) is 136 Å². The molecule has 0 bridgehead atoms. The van der Waals surface area contributed by atoms with Crippen LogP contribution in [0.15, 0.2) is 107 Å². The maximum atomic E-state index is 6.02. The number of amidine groups is 2. The molecule has 6 rings (SSSR count). The summed E-state index contributed by atoms with van der Waals surface area (Å²) in [5.41, 5.74) is 18.1. The van der Waals surface area contributed by atoms with Crippen molar-refractivity contribution >= 4 is 58.7 Å². The second-order valence-electron chi connectivity index (χ2n) is 13.2. The molecule has 9 heteroatoms. The Morgan fingerprint density at radius 2 is 1.13 bits per heavy atom. The Hall–Kier alpha value is -6.09. The Bertz CT molecular complexity index is 2160. The number of rotatable bonds is 11. The van der Waals surface area contributed by atoms with Crippen molar-refractivity contribution in [3.63, 3.8) is 0 Å². The minimum Gasteiger partial charge on any atom is -0.368 e. The van der Waals surface area contributed by atoms with Gasteiger partial charge < -0.3 is 21.7 Å². The van der Waals surface area contributed by atoms with Crippen LogP contribution in [0.1, 0.15) is 66.6 Å². The van der Waals surface area contributed by atoms with Crippen LogP contribution in [0, 0.1) is 13.8 Å². The van der Waals surface area contributed by atoms with Crippen LogP contribution < -0.4 is 21.7 Å². The maximum Gasteiger partial charge on any atom is 0.233 e. The van der Waals surface area contributed by atoms with Crippen LogP contribution in [0.5, 0.6) is 0 Å². The summed E-state index contributed by atoms with van der Waals surface area (Å²) in [6.45, 7) is 12.7. The SMILES string of the molecule is CCc1ccc(CC2=NC(C)C=C(C)C(Nc3ccc(C=Cc4ccc(Nc5nc(N)nc(Nc6ccc(CC)cc6)n5)cc4C)c(C)c3)=N2)cc1. The summed E-state index contributed by atoms with van der Waals surface area (Å²) >= 11 is 0. The number of aromatic nitrogens is 3. The molecule has 1 atom stereocenters. The molecular formula is C43H47N9. The maximum absolute atomic E-state index is 6.02. The number of nitrogens with one attached hydrogen (secondary N) is 3. The largest absolute Gasteiger partial charge is 0.368 e. The molecule has 1 aromatic heterocycles. The van der Waals surface area contributed by atoms with E-state index in [1.165, 1.54) is 16.7 Å². The molecule has 0 fully saturated rings. The highest BCUT2D eigenvalue weighted by molar-refractivity contribution is 6.13. The minimum atomic E-state index is 0.0580. The summed E-state index contributed by atoms with van der Waals surface area (Å²) in [5, 5.41) is 10.1. The molecule has 0 saturated carbocycles. The van der Waals surface area contributed by atoms with Gasteiger partial charge in [-0.3, -0.25) is 4.99 Å². The number of benzene rings is 4. The van der Waals surface area contributed by atoms with Crippen molar-refractivity contribution in [1.82, 2.24) is 15.0 Å². The van der Waals surface area contributed by atoms with Crippen LogP contribution in [0.2, 0.25) is 0 Å².